The van der Waals surface area contributed by atoms with Crippen molar-refractivity contribution in [3.05, 3.63) is 24.2 Å². The van der Waals surface area contributed by atoms with Crippen LogP contribution in [0.3, 0.4) is 0 Å². The molecule has 0 spiro atoms. The summed E-state index contributed by atoms with van der Waals surface area (Å²) in [5.74, 6) is 1.11. The van der Waals surface area contributed by atoms with Crippen LogP contribution in [-0.4, -0.2) is 24.0 Å². The van der Waals surface area contributed by atoms with Crippen LogP contribution in [0.2, 0.25) is 0 Å². The van der Waals surface area contributed by atoms with E-state index in [0.717, 1.165) is 18.6 Å². The van der Waals surface area contributed by atoms with Crippen molar-refractivity contribution in [2.75, 3.05) is 6.54 Å². The summed E-state index contributed by atoms with van der Waals surface area (Å²) >= 11 is 0. The average Bonchev–Trinajstić information content (AvgIpc) is 2.76. The molecule has 0 saturated heterocycles. The van der Waals surface area contributed by atoms with E-state index in [0.29, 0.717) is 19.0 Å². The second kappa shape index (κ2) is 7.34. The van der Waals surface area contributed by atoms with Gasteiger partial charge in [-0.05, 0) is 46.2 Å². The Morgan fingerprint density at radius 1 is 1.42 bits per heavy atom. The topological polar surface area (TPSA) is 54.3 Å². The number of hydrogen-bond acceptors (Lipinski definition) is 3. The fourth-order valence-corrected chi connectivity index (χ4v) is 1.83. The summed E-state index contributed by atoms with van der Waals surface area (Å²) in [5, 5.41) is 6.31. The number of nitrogens with one attached hydrogen (secondary N) is 2. The third-order valence-corrected chi connectivity index (χ3v) is 2.76. The summed E-state index contributed by atoms with van der Waals surface area (Å²) < 4.78 is 5.29. The molecule has 0 aliphatic rings. The van der Waals surface area contributed by atoms with Gasteiger partial charge in [-0.2, -0.15) is 0 Å². The van der Waals surface area contributed by atoms with Crippen molar-refractivity contribution in [3.63, 3.8) is 0 Å². The van der Waals surface area contributed by atoms with Gasteiger partial charge in [-0.1, -0.05) is 0 Å². The van der Waals surface area contributed by atoms with Crippen LogP contribution >= 0.6 is 0 Å². The molecule has 1 amide bonds. The van der Waals surface area contributed by atoms with Gasteiger partial charge in [0.1, 0.15) is 5.76 Å². The molecule has 1 rings (SSSR count). The van der Waals surface area contributed by atoms with Crippen LogP contribution in [0.25, 0.3) is 0 Å². The molecule has 108 valence electrons. The van der Waals surface area contributed by atoms with Gasteiger partial charge in [0, 0.05) is 31.0 Å². The van der Waals surface area contributed by atoms with E-state index in [2.05, 4.69) is 17.6 Å². The van der Waals surface area contributed by atoms with Crippen LogP contribution in [0.5, 0.6) is 0 Å². The minimum Gasteiger partial charge on any atom is -0.469 e. The smallest absolute Gasteiger partial charge is 0.221 e. The number of rotatable bonds is 7. The molecule has 0 aliphatic carbocycles. The highest BCUT2D eigenvalue weighted by molar-refractivity contribution is 5.76. The Labute approximate surface area is 116 Å². The van der Waals surface area contributed by atoms with E-state index in [9.17, 15) is 4.79 Å². The summed E-state index contributed by atoms with van der Waals surface area (Å²) in [6, 6.07) is 4.28. The van der Waals surface area contributed by atoms with E-state index in [-0.39, 0.29) is 11.4 Å². The molecule has 1 aromatic heterocycles. The predicted octanol–water partition coefficient (Wildman–Crippen LogP) is 2.50. The summed E-state index contributed by atoms with van der Waals surface area (Å²) in [5.41, 5.74) is -0.151. The Hall–Kier alpha value is -1.29. The first-order valence-electron chi connectivity index (χ1n) is 6.93. The lowest BCUT2D eigenvalue weighted by molar-refractivity contribution is -0.122. The van der Waals surface area contributed by atoms with Gasteiger partial charge in [0.05, 0.1) is 6.26 Å². The van der Waals surface area contributed by atoms with Crippen LogP contribution in [0.15, 0.2) is 22.8 Å². The molecule has 19 heavy (non-hydrogen) atoms. The van der Waals surface area contributed by atoms with Crippen molar-refractivity contribution in [2.45, 2.75) is 58.5 Å². The van der Waals surface area contributed by atoms with Crippen LogP contribution in [-0.2, 0) is 11.2 Å². The quantitative estimate of drug-likeness (QED) is 0.797. The molecule has 0 bridgehead atoms. The van der Waals surface area contributed by atoms with Gasteiger partial charge in [-0.3, -0.25) is 4.79 Å². The molecule has 2 N–H and O–H groups in total. The molecule has 0 fully saturated rings. The van der Waals surface area contributed by atoms with E-state index < -0.39 is 0 Å². The molecule has 4 nitrogen and oxygen atoms in total. The molecule has 0 aliphatic heterocycles. The minimum absolute atomic E-state index is 0.0956. The van der Waals surface area contributed by atoms with E-state index in [1.807, 2.05) is 32.9 Å². The van der Waals surface area contributed by atoms with Crippen LogP contribution in [0.1, 0.15) is 46.3 Å². The number of hydrogen-bond donors (Lipinski definition) is 2. The van der Waals surface area contributed by atoms with Crippen LogP contribution < -0.4 is 10.6 Å². The zero-order chi connectivity index (χ0) is 14.3. The van der Waals surface area contributed by atoms with Gasteiger partial charge in [0.25, 0.3) is 0 Å². The maximum Gasteiger partial charge on any atom is 0.221 e. The standard InChI is InChI=1S/C15H26N2O2/c1-12(7-8-13-6-5-11-19-13)16-10-9-14(18)17-15(2,3)4/h5-6,11-12,16H,7-10H2,1-4H3,(H,17,18). The van der Waals surface area contributed by atoms with Gasteiger partial charge in [-0.15, -0.1) is 0 Å². The highest BCUT2D eigenvalue weighted by Crippen LogP contribution is 2.05. The second-order valence-corrected chi connectivity index (χ2v) is 6.02. The number of furan rings is 1. The van der Waals surface area contributed by atoms with Crippen LogP contribution in [0.4, 0.5) is 0 Å². The fraction of sp³-hybridized carbons (Fsp3) is 0.667. The minimum atomic E-state index is -0.151. The maximum absolute atomic E-state index is 11.6. The number of amides is 1. The first-order chi connectivity index (χ1) is 8.87. The Kier molecular flexibility index (Phi) is 6.09. The average molecular weight is 266 g/mol. The molecule has 1 atom stereocenters. The van der Waals surface area contributed by atoms with E-state index in [4.69, 9.17) is 4.42 Å². The van der Waals surface area contributed by atoms with E-state index in [1.54, 1.807) is 6.26 Å². The lowest BCUT2D eigenvalue weighted by Crippen LogP contribution is -2.42. The number of carbonyl (C=O) groups excluding carboxylic acids is 1. The summed E-state index contributed by atoms with van der Waals surface area (Å²) in [6.07, 6.45) is 4.15. The van der Waals surface area contributed by atoms with Gasteiger partial charge in [0.2, 0.25) is 5.91 Å². The van der Waals surface area contributed by atoms with Crippen LogP contribution in [0, 0.1) is 0 Å². The summed E-state index contributed by atoms with van der Waals surface area (Å²) in [6.45, 7) is 8.81. The highest BCUT2D eigenvalue weighted by atomic mass is 16.3. The van der Waals surface area contributed by atoms with Crippen molar-refractivity contribution in [1.29, 1.82) is 0 Å². The predicted molar refractivity (Wildman–Crippen MR) is 77.0 cm³/mol. The molecule has 0 radical (unpaired) electrons. The monoisotopic (exact) mass is 266 g/mol. The van der Waals surface area contributed by atoms with Crippen molar-refractivity contribution >= 4 is 5.91 Å². The zero-order valence-corrected chi connectivity index (χ0v) is 12.5. The third-order valence-electron chi connectivity index (χ3n) is 2.76. The molecule has 0 aromatic carbocycles. The molecule has 1 unspecified atom stereocenters. The Bertz CT molecular complexity index is 366. The fourth-order valence-electron chi connectivity index (χ4n) is 1.83. The van der Waals surface area contributed by atoms with Gasteiger partial charge >= 0.3 is 0 Å². The number of carbonyl (C=O) groups is 1. The zero-order valence-electron chi connectivity index (χ0n) is 12.5. The molecular weight excluding hydrogens is 240 g/mol. The van der Waals surface area contributed by atoms with Crippen molar-refractivity contribution in [3.8, 4) is 0 Å². The van der Waals surface area contributed by atoms with Crippen molar-refractivity contribution in [1.82, 2.24) is 10.6 Å². The second-order valence-electron chi connectivity index (χ2n) is 6.02. The molecule has 1 aromatic rings. The first kappa shape index (κ1) is 15.8. The molecular formula is C15H26N2O2. The molecule has 1 heterocycles. The lowest BCUT2D eigenvalue weighted by atomic mass is 10.1. The van der Waals surface area contributed by atoms with Crippen molar-refractivity contribution < 1.29 is 9.21 Å². The van der Waals surface area contributed by atoms with Gasteiger partial charge < -0.3 is 15.1 Å². The molecule has 4 heteroatoms. The largest absolute Gasteiger partial charge is 0.469 e. The first-order valence-corrected chi connectivity index (χ1v) is 6.93. The summed E-state index contributed by atoms with van der Waals surface area (Å²) in [4.78, 5) is 11.6. The van der Waals surface area contributed by atoms with Crippen molar-refractivity contribution in [2.24, 2.45) is 0 Å². The maximum atomic E-state index is 11.6. The Morgan fingerprint density at radius 2 is 2.16 bits per heavy atom. The third kappa shape index (κ3) is 7.67. The van der Waals surface area contributed by atoms with Gasteiger partial charge in [0.15, 0.2) is 0 Å². The Balaban J connectivity index is 2.10. The highest BCUT2D eigenvalue weighted by Gasteiger charge is 2.13. The SMILES string of the molecule is CC(CCc1ccco1)NCCC(=O)NC(C)(C)C. The van der Waals surface area contributed by atoms with E-state index in [1.165, 1.54) is 0 Å². The number of aryl methyl sites for hydroxylation is 1. The Morgan fingerprint density at radius 3 is 2.74 bits per heavy atom. The normalized spacial score (nSPS) is 13.3. The summed E-state index contributed by atoms with van der Waals surface area (Å²) in [7, 11) is 0. The lowest BCUT2D eigenvalue weighted by Gasteiger charge is -2.21. The van der Waals surface area contributed by atoms with Gasteiger partial charge in [-0.25, -0.2) is 0 Å². The van der Waals surface area contributed by atoms with E-state index >= 15 is 0 Å². The molecule has 0 saturated carbocycles.